The summed E-state index contributed by atoms with van der Waals surface area (Å²) in [5.74, 6) is 0.115. The number of rotatable bonds is 3. The fourth-order valence-corrected chi connectivity index (χ4v) is 4.14. The first kappa shape index (κ1) is 18.7. The van der Waals surface area contributed by atoms with Crippen molar-refractivity contribution in [1.29, 1.82) is 0 Å². The number of nitrogens with zero attached hydrogens (tertiary/aromatic N) is 2. The number of hydrogen-bond acceptors (Lipinski definition) is 3. The summed E-state index contributed by atoms with van der Waals surface area (Å²) in [6.07, 6.45) is 2.39. The van der Waals surface area contributed by atoms with Gasteiger partial charge in [-0.3, -0.25) is 9.59 Å². The van der Waals surface area contributed by atoms with Crippen LogP contribution in [-0.2, 0) is 4.79 Å². The molecule has 146 valence electrons. The molecular weight excluding hydrogens is 350 g/mol. The lowest BCUT2D eigenvalue weighted by Gasteiger charge is -2.34. The first-order valence-corrected chi connectivity index (χ1v) is 10.1. The van der Waals surface area contributed by atoms with Gasteiger partial charge in [-0.15, -0.1) is 0 Å². The predicted molar refractivity (Wildman–Crippen MR) is 110 cm³/mol. The number of hydrogen-bond donors (Lipinski definition) is 1. The number of benzene rings is 2. The van der Waals surface area contributed by atoms with Gasteiger partial charge >= 0.3 is 0 Å². The Morgan fingerprint density at radius 3 is 2.29 bits per heavy atom. The monoisotopic (exact) mass is 377 g/mol. The van der Waals surface area contributed by atoms with E-state index < -0.39 is 0 Å². The third-order valence-electron chi connectivity index (χ3n) is 5.80. The molecule has 2 amide bonds. The topological polar surface area (TPSA) is 52.7 Å². The second-order valence-corrected chi connectivity index (χ2v) is 7.65. The summed E-state index contributed by atoms with van der Waals surface area (Å²) in [4.78, 5) is 28.1. The van der Waals surface area contributed by atoms with Crippen molar-refractivity contribution in [1.82, 2.24) is 15.1 Å². The SMILES string of the molecule is CC(=O)N1CCN(C(=O)c2cccc(-c3cccc(C4CCCN4)c3)c2)CC1. The second-order valence-electron chi connectivity index (χ2n) is 7.65. The van der Waals surface area contributed by atoms with Crippen LogP contribution >= 0.6 is 0 Å². The average molecular weight is 377 g/mol. The van der Waals surface area contributed by atoms with E-state index in [-0.39, 0.29) is 11.8 Å². The predicted octanol–water partition coefficient (Wildman–Crippen LogP) is 3.08. The van der Waals surface area contributed by atoms with Crippen molar-refractivity contribution in [2.75, 3.05) is 32.7 Å². The van der Waals surface area contributed by atoms with Crippen molar-refractivity contribution in [2.24, 2.45) is 0 Å². The molecular formula is C23H27N3O2. The zero-order chi connectivity index (χ0) is 19.5. The molecule has 0 radical (unpaired) electrons. The largest absolute Gasteiger partial charge is 0.339 e. The van der Waals surface area contributed by atoms with Crippen LogP contribution in [0.15, 0.2) is 48.5 Å². The number of carbonyl (C=O) groups excluding carboxylic acids is 2. The standard InChI is InChI=1S/C23H27N3O2/c1-17(27)25-11-13-26(14-12-25)23(28)21-8-3-6-19(16-21)18-5-2-7-20(15-18)22-9-4-10-24-22/h2-3,5-8,15-16,22,24H,4,9-14H2,1H3. The number of amides is 2. The zero-order valence-electron chi connectivity index (χ0n) is 16.4. The van der Waals surface area contributed by atoms with Gasteiger partial charge in [0.25, 0.3) is 5.91 Å². The molecule has 4 rings (SSSR count). The van der Waals surface area contributed by atoms with E-state index in [0.29, 0.717) is 37.8 Å². The van der Waals surface area contributed by atoms with Crippen molar-refractivity contribution < 1.29 is 9.59 Å². The summed E-state index contributed by atoms with van der Waals surface area (Å²) in [6, 6.07) is 16.9. The molecule has 2 heterocycles. The second kappa shape index (κ2) is 8.15. The van der Waals surface area contributed by atoms with Crippen LogP contribution in [0.3, 0.4) is 0 Å². The maximum absolute atomic E-state index is 12.9. The summed E-state index contributed by atoms with van der Waals surface area (Å²) >= 11 is 0. The molecule has 5 nitrogen and oxygen atoms in total. The molecule has 0 aromatic heterocycles. The molecule has 2 fully saturated rings. The van der Waals surface area contributed by atoms with E-state index >= 15 is 0 Å². The molecule has 2 saturated heterocycles. The smallest absolute Gasteiger partial charge is 0.253 e. The van der Waals surface area contributed by atoms with Gasteiger partial charge in [-0.25, -0.2) is 0 Å². The van der Waals surface area contributed by atoms with E-state index in [0.717, 1.165) is 17.7 Å². The molecule has 0 saturated carbocycles. The lowest BCUT2D eigenvalue weighted by atomic mass is 9.97. The molecule has 2 aliphatic rings. The molecule has 2 aromatic carbocycles. The van der Waals surface area contributed by atoms with Gasteiger partial charge in [-0.1, -0.05) is 30.3 Å². The summed E-state index contributed by atoms with van der Waals surface area (Å²) in [7, 11) is 0. The third-order valence-corrected chi connectivity index (χ3v) is 5.80. The van der Waals surface area contributed by atoms with Crippen LogP contribution in [0.4, 0.5) is 0 Å². The molecule has 1 atom stereocenters. The minimum absolute atomic E-state index is 0.0404. The van der Waals surface area contributed by atoms with E-state index in [1.54, 1.807) is 11.8 Å². The van der Waals surface area contributed by atoms with Crippen LogP contribution in [-0.4, -0.2) is 54.3 Å². The van der Waals surface area contributed by atoms with Crippen LogP contribution in [0.2, 0.25) is 0 Å². The van der Waals surface area contributed by atoms with Crippen molar-refractivity contribution in [3.05, 3.63) is 59.7 Å². The van der Waals surface area contributed by atoms with Gasteiger partial charge in [-0.2, -0.15) is 0 Å². The molecule has 5 heteroatoms. The summed E-state index contributed by atoms with van der Waals surface area (Å²) in [5.41, 5.74) is 4.22. The Kier molecular flexibility index (Phi) is 5.44. The van der Waals surface area contributed by atoms with E-state index in [1.807, 2.05) is 23.1 Å². The minimum atomic E-state index is 0.0404. The Hall–Kier alpha value is -2.66. The molecule has 2 aliphatic heterocycles. The van der Waals surface area contributed by atoms with Gasteiger partial charge < -0.3 is 15.1 Å². The van der Waals surface area contributed by atoms with Crippen molar-refractivity contribution in [3.8, 4) is 11.1 Å². The average Bonchev–Trinajstić information content (AvgIpc) is 3.28. The number of carbonyl (C=O) groups is 2. The lowest BCUT2D eigenvalue weighted by molar-refractivity contribution is -0.130. The molecule has 0 bridgehead atoms. The van der Waals surface area contributed by atoms with Gasteiger partial charge in [0.05, 0.1) is 0 Å². The quantitative estimate of drug-likeness (QED) is 0.894. The number of nitrogens with one attached hydrogen (secondary N) is 1. The van der Waals surface area contributed by atoms with Crippen molar-refractivity contribution in [2.45, 2.75) is 25.8 Å². The Balaban J connectivity index is 1.51. The third kappa shape index (κ3) is 3.94. The first-order valence-electron chi connectivity index (χ1n) is 10.1. The highest BCUT2D eigenvalue weighted by molar-refractivity contribution is 5.95. The Bertz CT molecular complexity index is 866. The number of piperazine rings is 1. The van der Waals surface area contributed by atoms with Crippen LogP contribution < -0.4 is 5.32 Å². The normalized spacial score (nSPS) is 19.7. The van der Waals surface area contributed by atoms with Crippen LogP contribution in [0.1, 0.15) is 41.7 Å². The molecule has 0 aliphatic carbocycles. The fraction of sp³-hybridized carbons (Fsp3) is 0.391. The molecule has 28 heavy (non-hydrogen) atoms. The highest BCUT2D eigenvalue weighted by Crippen LogP contribution is 2.28. The van der Waals surface area contributed by atoms with Crippen molar-refractivity contribution >= 4 is 11.8 Å². The Morgan fingerprint density at radius 1 is 0.929 bits per heavy atom. The maximum Gasteiger partial charge on any atom is 0.253 e. The van der Waals surface area contributed by atoms with Gasteiger partial charge in [0.1, 0.15) is 0 Å². The fourth-order valence-electron chi connectivity index (χ4n) is 4.14. The van der Waals surface area contributed by atoms with Gasteiger partial charge in [0, 0.05) is 44.7 Å². The van der Waals surface area contributed by atoms with E-state index in [9.17, 15) is 9.59 Å². The summed E-state index contributed by atoms with van der Waals surface area (Å²) < 4.78 is 0. The maximum atomic E-state index is 12.9. The molecule has 1 unspecified atom stereocenters. The van der Waals surface area contributed by atoms with Crippen molar-refractivity contribution in [3.63, 3.8) is 0 Å². The summed E-state index contributed by atoms with van der Waals surface area (Å²) in [6.45, 7) is 5.05. The van der Waals surface area contributed by atoms with Crippen LogP contribution in [0.5, 0.6) is 0 Å². The zero-order valence-corrected chi connectivity index (χ0v) is 16.4. The van der Waals surface area contributed by atoms with E-state index in [1.165, 1.54) is 18.4 Å². The lowest BCUT2D eigenvalue weighted by Crippen LogP contribution is -2.50. The van der Waals surface area contributed by atoms with Gasteiger partial charge in [0.15, 0.2) is 0 Å². The van der Waals surface area contributed by atoms with Crippen LogP contribution in [0.25, 0.3) is 11.1 Å². The minimum Gasteiger partial charge on any atom is -0.339 e. The highest BCUT2D eigenvalue weighted by atomic mass is 16.2. The highest BCUT2D eigenvalue weighted by Gasteiger charge is 2.23. The summed E-state index contributed by atoms with van der Waals surface area (Å²) in [5, 5.41) is 3.55. The molecule has 0 spiro atoms. The first-order chi connectivity index (χ1) is 13.6. The molecule has 1 N–H and O–H groups in total. The Labute approximate surface area is 166 Å². The van der Waals surface area contributed by atoms with Crippen LogP contribution in [0, 0.1) is 0 Å². The molecule has 2 aromatic rings. The van der Waals surface area contributed by atoms with E-state index in [2.05, 4.69) is 35.6 Å². The van der Waals surface area contributed by atoms with E-state index in [4.69, 9.17) is 0 Å². The Morgan fingerprint density at radius 2 is 1.61 bits per heavy atom. The van der Waals surface area contributed by atoms with Gasteiger partial charge in [-0.05, 0) is 54.3 Å². The van der Waals surface area contributed by atoms with Gasteiger partial charge in [0.2, 0.25) is 5.91 Å².